The number of carbonyl (C=O) groups is 1. The number of hydrogen-bond acceptors (Lipinski definition) is 4. The van der Waals surface area contributed by atoms with Crippen LogP contribution < -0.4 is 11.1 Å². The highest BCUT2D eigenvalue weighted by Gasteiger charge is 2.03. The van der Waals surface area contributed by atoms with Gasteiger partial charge >= 0.3 is 0 Å². The number of nitrogen functional groups attached to an aromatic ring is 1. The summed E-state index contributed by atoms with van der Waals surface area (Å²) >= 11 is 0. The molecule has 0 unspecified atom stereocenters. The van der Waals surface area contributed by atoms with Crippen molar-refractivity contribution in [2.24, 2.45) is 0 Å². The molecule has 0 atom stereocenters. The highest BCUT2D eigenvalue weighted by molar-refractivity contribution is 5.92. The molecule has 0 aliphatic carbocycles. The van der Waals surface area contributed by atoms with Crippen LogP contribution in [0.1, 0.15) is 5.56 Å². The third-order valence-corrected chi connectivity index (χ3v) is 2.16. The number of aromatic nitrogens is 2. The van der Waals surface area contributed by atoms with Crippen LogP contribution >= 0.6 is 0 Å². The smallest absolute Gasteiger partial charge is 0.228 e. The maximum absolute atomic E-state index is 11.7. The normalized spacial score (nSPS) is 9.88. The van der Waals surface area contributed by atoms with Gasteiger partial charge in [0.05, 0.1) is 18.3 Å². The number of amides is 1. The fourth-order valence-corrected chi connectivity index (χ4v) is 1.37. The lowest BCUT2D eigenvalue weighted by Gasteiger charge is -2.04. The van der Waals surface area contributed by atoms with Gasteiger partial charge in [0, 0.05) is 12.4 Å². The van der Waals surface area contributed by atoms with Crippen LogP contribution in [0.4, 0.5) is 11.5 Å². The third kappa shape index (κ3) is 3.27. The van der Waals surface area contributed by atoms with Crippen LogP contribution in [-0.2, 0) is 11.2 Å². The number of nitrogens with one attached hydrogen (secondary N) is 1. The molecule has 5 nitrogen and oxygen atoms in total. The lowest BCUT2D eigenvalue weighted by atomic mass is 10.2. The number of anilines is 2. The zero-order valence-electron chi connectivity index (χ0n) is 9.13. The van der Waals surface area contributed by atoms with E-state index in [0.717, 1.165) is 5.56 Å². The Morgan fingerprint density at radius 1 is 1.29 bits per heavy atom. The Hall–Kier alpha value is -2.43. The van der Waals surface area contributed by atoms with Crippen LogP contribution in [0.15, 0.2) is 42.9 Å². The average molecular weight is 228 g/mol. The molecule has 86 valence electrons. The fourth-order valence-electron chi connectivity index (χ4n) is 1.37. The molecule has 0 aromatic carbocycles. The number of nitrogens with zero attached hydrogens (tertiary/aromatic N) is 2. The van der Waals surface area contributed by atoms with Gasteiger partial charge in [-0.05, 0) is 23.8 Å². The SMILES string of the molecule is Nc1ccc(NC(=O)Cc2cccnc2)cn1. The van der Waals surface area contributed by atoms with Gasteiger partial charge in [0.1, 0.15) is 5.82 Å². The first-order valence-corrected chi connectivity index (χ1v) is 5.14. The van der Waals surface area contributed by atoms with E-state index in [2.05, 4.69) is 15.3 Å². The first-order valence-electron chi connectivity index (χ1n) is 5.14. The fraction of sp³-hybridized carbons (Fsp3) is 0.0833. The minimum absolute atomic E-state index is 0.107. The molecule has 2 aromatic rings. The Labute approximate surface area is 98.7 Å². The van der Waals surface area contributed by atoms with Crippen LogP contribution in [0.5, 0.6) is 0 Å². The van der Waals surface area contributed by atoms with E-state index in [4.69, 9.17) is 5.73 Å². The molecule has 2 heterocycles. The van der Waals surface area contributed by atoms with Crippen molar-refractivity contribution >= 4 is 17.4 Å². The Morgan fingerprint density at radius 2 is 2.18 bits per heavy atom. The standard InChI is InChI=1S/C12H12N4O/c13-11-4-3-10(8-15-11)16-12(17)6-9-2-1-5-14-7-9/h1-5,7-8H,6H2,(H2,13,15)(H,16,17). The van der Waals surface area contributed by atoms with E-state index < -0.39 is 0 Å². The molecular formula is C12H12N4O. The summed E-state index contributed by atoms with van der Waals surface area (Å²) in [6.45, 7) is 0. The van der Waals surface area contributed by atoms with E-state index in [1.807, 2.05) is 6.07 Å². The average Bonchev–Trinajstić information content (AvgIpc) is 2.33. The topological polar surface area (TPSA) is 80.9 Å². The van der Waals surface area contributed by atoms with Crippen molar-refractivity contribution in [3.8, 4) is 0 Å². The van der Waals surface area contributed by atoms with Gasteiger partial charge in [-0.3, -0.25) is 9.78 Å². The quantitative estimate of drug-likeness (QED) is 0.828. The molecule has 2 rings (SSSR count). The first-order chi connectivity index (χ1) is 8.24. The molecule has 3 N–H and O–H groups in total. The second-order valence-electron chi connectivity index (χ2n) is 3.56. The lowest BCUT2D eigenvalue weighted by molar-refractivity contribution is -0.115. The molecule has 1 amide bonds. The summed E-state index contributed by atoms with van der Waals surface area (Å²) in [6.07, 6.45) is 5.15. The Kier molecular flexibility index (Phi) is 3.30. The molecule has 17 heavy (non-hydrogen) atoms. The maximum Gasteiger partial charge on any atom is 0.228 e. The van der Waals surface area contributed by atoms with Gasteiger partial charge in [-0.15, -0.1) is 0 Å². The highest BCUT2D eigenvalue weighted by atomic mass is 16.1. The highest BCUT2D eigenvalue weighted by Crippen LogP contribution is 2.07. The van der Waals surface area contributed by atoms with E-state index in [1.165, 1.54) is 6.20 Å². The monoisotopic (exact) mass is 228 g/mol. The summed E-state index contributed by atoms with van der Waals surface area (Å²) in [7, 11) is 0. The maximum atomic E-state index is 11.7. The van der Waals surface area contributed by atoms with E-state index in [-0.39, 0.29) is 12.3 Å². The van der Waals surface area contributed by atoms with E-state index in [1.54, 1.807) is 30.6 Å². The molecule has 0 spiro atoms. The zero-order valence-corrected chi connectivity index (χ0v) is 9.13. The zero-order chi connectivity index (χ0) is 12.1. The number of hydrogen-bond donors (Lipinski definition) is 2. The lowest BCUT2D eigenvalue weighted by Crippen LogP contribution is -2.14. The van der Waals surface area contributed by atoms with Crippen molar-refractivity contribution in [3.05, 3.63) is 48.4 Å². The van der Waals surface area contributed by atoms with Gasteiger partial charge in [0.15, 0.2) is 0 Å². The summed E-state index contributed by atoms with van der Waals surface area (Å²) in [5, 5.41) is 2.73. The number of rotatable bonds is 3. The Balaban J connectivity index is 1.96. The van der Waals surface area contributed by atoms with Crippen LogP contribution in [0.3, 0.4) is 0 Å². The first kappa shape index (κ1) is 11.1. The Morgan fingerprint density at radius 3 is 2.82 bits per heavy atom. The van der Waals surface area contributed by atoms with Crippen LogP contribution in [-0.4, -0.2) is 15.9 Å². The molecule has 0 aliphatic heterocycles. The van der Waals surface area contributed by atoms with Gasteiger partial charge in [-0.2, -0.15) is 0 Å². The van der Waals surface area contributed by atoms with Gasteiger partial charge in [0.25, 0.3) is 0 Å². The summed E-state index contributed by atoms with van der Waals surface area (Å²) in [4.78, 5) is 19.5. The van der Waals surface area contributed by atoms with Gasteiger partial charge in [-0.25, -0.2) is 4.98 Å². The Bertz CT molecular complexity index is 496. The predicted molar refractivity (Wildman–Crippen MR) is 65.2 cm³/mol. The van der Waals surface area contributed by atoms with Crippen LogP contribution in [0.2, 0.25) is 0 Å². The van der Waals surface area contributed by atoms with Crippen molar-refractivity contribution in [2.75, 3.05) is 11.1 Å². The van der Waals surface area contributed by atoms with E-state index >= 15 is 0 Å². The van der Waals surface area contributed by atoms with Gasteiger partial charge in [-0.1, -0.05) is 6.07 Å². The molecule has 0 bridgehead atoms. The summed E-state index contributed by atoms with van der Waals surface area (Å²) in [5.41, 5.74) is 6.95. The molecule has 0 saturated heterocycles. The number of carbonyl (C=O) groups excluding carboxylic acids is 1. The van der Waals surface area contributed by atoms with Crippen molar-refractivity contribution in [3.63, 3.8) is 0 Å². The molecular weight excluding hydrogens is 216 g/mol. The van der Waals surface area contributed by atoms with Crippen molar-refractivity contribution < 1.29 is 4.79 Å². The van der Waals surface area contributed by atoms with Crippen molar-refractivity contribution in [1.29, 1.82) is 0 Å². The second-order valence-corrected chi connectivity index (χ2v) is 3.56. The largest absolute Gasteiger partial charge is 0.384 e. The van der Waals surface area contributed by atoms with E-state index in [0.29, 0.717) is 11.5 Å². The van der Waals surface area contributed by atoms with Crippen LogP contribution in [0, 0.1) is 0 Å². The third-order valence-electron chi connectivity index (χ3n) is 2.16. The molecule has 2 aromatic heterocycles. The summed E-state index contributed by atoms with van der Waals surface area (Å²) in [5.74, 6) is 0.319. The van der Waals surface area contributed by atoms with E-state index in [9.17, 15) is 4.79 Å². The summed E-state index contributed by atoms with van der Waals surface area (Å²) < 4.78 is 0. The van der Waals surface area contributed by atoms with Gasteiger partial charge in [0.2, 0.25) is 5.91 Å². The van der Waals surface area contributed by atoms with Gasteiger partial charge < -0.3 is 11.1 Å². The van der Waals surface area contributed by atoms with Crippen molar-refractivity contribution in [1.82, 2.24) is 9.97 Å². The minimum Gasteiger partial charge on any atom is -0.384 e. The molecule has 5 heteroatoms. The number of nitrogens with two attached hydrogens (primary N) is 1. The molecule has 0 fully saturated rings. The van der Waals surface area contributed by atoms with Crippen LogP contribution in [0.25, 0.3) is 0 Å². The predicted octanol–water partition coefficient (Wildman–Crippen LogP) is 1.24. The molecule has 0 saturated carbocycles. The molecule has 0 aliphatic rings. The molecule has 0 radical (unpaired) electrons. The second kappa shape index (κ2) is 5.07. The minimum atomic E-state index is -0.107. The summed E-state index contributed by atoms with van der Waals surface area (Å²) in [6, 6.07) is 7.00. The van der Waals surface area contributed by atoms with Crippen molar-refractivity contribution in [2.45, 2.75) is 6.42 Å². The number of pyridine rings is 2.